The third-order valence-corrected chi connectivity index (χ3v) is 3.24. The molecule has 1 unspecified atom stereocenters. The second-order valence-electron chi connectivity index (χ2n) is 4.43. The number of benzene rings is 1. The summed E-state index contributed by atoms with van der Waals surface area (Å²) in [5.41, 5.74) is 7.23. The molecule has 0 heterocycles. The van der Waals surface area contributed by atoms with Crippen LogP contribution in [0.25, 0.3) is 0 Å². The van der Waals surface area contributed by atoms with Crippen LogP contribution in [0.5, 0.6) is 0 Å². The maximum absolute atomic E-state index is 5.90. The molecule has 2 N–H and O–H groups in total. The first kappa shape index (κ1) is 15.2. The van der Waals surface area contributed by atoms with Gasteiger partial charge in [-0.15, -0.1) is 0 Å². The van der Waals surface area contributed by atoms with Crippen molar-refractivity contribution in [1.29, 1.82) is 0 Å². The molecule has 0 saturated carbocycles. The second-order valence-corrected chi connectivity index (χ2v) is 4.43. The molecule has 18 heavy (non-hydrogen) atoms. The van der Waals surface area contributed by atoms with Crippen LogP contribution in [0.1, 0.15) is 25.3 Å². The number of ether oxygens (including phenoxy) is 1. The third-order valence-electron chi connectivity index (χ3n) is 3.24. The Hall–Kier alpha value is -0.900. The zero-order chi connectivity index (χ0) is 13.2. The van der Waals surface area contributed by atoms with E-state index in [1.54, 1.807) is 0 Å². The summed E-state index contributed by atoms with van der Waals surface area (Å²) < 4.78 is 5.41. The standard InChI is InChI=1S/C15H26N2O/c1-3-17(10-11-18-4-2)13-15(12-16)14-8-6-5-7-9-14/h5-9,15H,3-4,10-13,16H2,1-2H3. The van der Waals surface area contributed by atoms with Gasteiger partial charge in [-0.1, -0.05) is 37.3 Å². The van der Waals surface area contributed by atoms with Gasteiger partial charge in [0.25, 0.3) is 0 Å². The fourth-order valence-electron chi connectivity index (χ4n) is 2.07. The predicted molar refractivity (Wildman–Crippen MR) is 76.8 cm³/mol. The van der Waals surface area contributed by atoms with Crippen LogP contribution in [0.15, 0.2) is 30.3 Å². The van der Waals surface area contributed by atoms with Gasteiger partial charge in [0.05, 0.1) is 6.61 Å². The van der Waals surface area contributed by atoms with Crippen LogP contribution in [-0.4, -0.2) is 44.3 Å². The molecule has 1 aromatic rings. The summed E-state index contributed by atoms with van der Waals surface area (Å²) in [5, 5.41) is 0. The maximum atomic E-state index is 5.90. The first-order chi connectivity index (χ1) is 8.81. The topological polar surface area (TPSA) is 38.5 Å². The monoisotopic (exact) mass is 250 g/mol. The van der Waals surface area contributed by atoms with E-state index >= 15 is 0 Å². The van der Waals surface area contributed by atoms with Crippen molar-refractivity contribution in [2.75, 3.05) is 39.4 Å². The van der Waals surface area contributed by atoms with Gasteiger partial charge in [-0.25, -0.2) is 0 Å². The van der Waals surface area contributed by atoms with Gasteiger partial charge < -0.3 is 15.4 Å². The lowest BCUT2D eigenvalue weighted by Crippen LogP contribution is -2.34. The third kappa shape index (κ3) is 5.17. The Morgan fingerprint density at radius 1 is 1.22 bits per heavy atom. The summed E-state index contributed by atoms with van der Waals surface area (Å²) in [6.07, 6.45) is 0. The normalized spacial score (nSPS) is 12.9. The Morgan fingerprint density at radius 3 is 2.50 bits per heavy atom. The number of hydrogen-bond donors (Lipinski definition) is 1. The average Bonchev–Trinajstić information content (AvgIpc) is 2.43. The van der Waals surface area contributed by atoms with Crippen LogP contribution in [0.4, 0.5) is 0 Å². The molecule has 0 amide bonds. The van der Waals surface area contributed by atoms with Gasteiger partial charge in [0.2, 0.25) is 0 Å². The lowest BCUT2D eigenvalue weighted by molar-refractivity contribution is 0.113. The molecule has 0 aliphatic carbocycles. The van der Waals surface area contributed by atoms with Gasteiger partial charge >= 0.3 is 0 Å². The smallest absolute Gasteiger partial charge is 0.0593 e. The van der Waals surface area contributed by atoms with E-state index in [9.17, 15) is 0 Å². The maximum Gasteiger partial charge on any atom is 0.0593 e. The molecule has 0 saturated heterocycles. The SMILES string of the molecule is CCOCCN(CC)CC(CN)c1ccccc1. The fraction of sp³-hybridized carbons (Fsp3) is 0.600. The molecule has 0 radical (unpaired) electrons. The van der Waals surface area contributed by atoms with Crippen molar-refractivity contribution >= 4 is 0 Å². The van der Waals surface area contributed by atoms with Crippen molar-refractivity contribution in [1.82, 2.24) is 4.90 Å². The Kier molecular flexibility index (Phi) is 7.65. The zero-order valence-corrected chi connectivity index (χ0v) is 11.6. The quantitative estimate of drug-likeness (QED) is 0.682. The first-order valence-electron chi connectivity index (χ1n) is 6.86. The molecule has 0 fully saturated rings. The predicted octanol–water partition coefficient (Wildman–Crippen LogP) is 2.09. The van der Waals surface area contributed by atoms with E-state index in [1.165, 1.54) is 5.56 Å². The Balaban J connectivity index is 2.50. The fourth-order valence-corrected chi connectivity index (χ4v) is 2.07. The van der Waals surface area contributed by atoms with Crippen molar-refractivity contribution < 1.29 is 4.74 Å². The minimum atomic E-state index is 0.410. The number of nitrogens with two attached hydrogens (primary N) is 1. The highest BCUT2D eigenvalue weighted by Crippen LogP contribution is 2.15. The summed E-state index contributed by atoms with van der Waals surface area (Å²) in [5.74, 6) is 0.410. The van der Waals surface area contributed by atoms with Crippen molar-refractivity contribution in [3.63, 3.8) is 0 Å². The Morgan fingerprint density at radius 2 is 1.94 bits per heavy atom. The van der Waals surface area contributed by atoms with Crippen LogP contribution in [0.3, 0.4) is 0 Å². The Bertz CT molecular complexity index is 303. The summed E-state index contributed by atoms with van der Waals surface area (Å²) in [6.45, 7) is 9.52. The van der Waals surface area contributed by atoms with Gasteiger partial charge in [-0.05, 0) is 19.0 Å². The number of rotatable bonds is 9. The minimum Gasteiger partial charge on any atom is -0.380 e. The molecule has 0 spiro atoms. The molecular weight excluding hydrogens is 224 g/mol. The lowest BCUT2D eigenvalue weighted by atomic mass is 9.99. The first-order valence-corrected chi connectivity index (χ1v) is 6.86. The summed E-state index contributed by atoms with van der Waals surface area (Å²) in [4.78, 5) is 2.40. The zero-order valence-electron chi connectivity index (χ0n) is 11.6. The van der Waals surface area contributed by atoms with E-state index in [0.717, 1.165) is 32.8 Å². The van der Waals surface area contributed by atoms with Crippen molar-refractivity contribution in [2.45, 2.75) is 19.8 Å². The van der Waals surface area contributed by atoms with Crippen LogP contribution < -0.4 is 5.73 Å². The molecule has 3 nitrogen and oxygen atoms in total. The number of likely N-dealkylation sites (N-methyl/N-ethyl adjacent to an activating group) is 1. The second kappa shape index (κ2) is 9.09. The van der Waals surface area contributed by atoms with Crippen molar-refractivity contribution in [3.8, 4) is 0 Å². The highest BCUT2D eigenvalue weighted by molar-refractivity contribution is 5.20. The van der Waals surface area contributed by atoms with E-state index in [4.69, 9.17) is 10.5 Å². The van der Waals surface area contributed by atoms with Gasteiger partial charge in [0.15, 0.2) is 0 Å². The highest BCUT2D eigenvalue weighted by Gasteiger charge is 2.13. The highest BCUT2D eigenvalue weighted by atomic mass is 16.5. The summed E-state index contributed by atoms with van der Waals surface area (Å²) in [7, 11) is 0. The van der Waals surface area contributed by atoms with E-state index in [-0.39, 0.29) is 0 Å². The van der Waals surface area contributed by atoms with Gasteiger partial charge in [0.1, 0.15) is 0 Å². The van der Waals surface area contributed by atoms with E-state index in [1.807, 2.05) is 13.0 Å². The molecular formula is C15H26N2O. The van der Waals surface area contributed by atoms with Crippen LogP contribution in [0.2, 0.25) is 0 Å². The average molecular weight is 250 g/mol. The molecule has 1 rings (SSSR count). The van der Waals surface area contributed by atoms with E-state index < -0.39 is 0 Å². The van der Waals surface area contributed by atoms with Gasteiger partial charge in [-0.3, -0.25) is 0 Å². The van der Waals surface area contributed by atoms with Crippen molar-refractivity contribution in [3.05, 3.63) is 35.9 Å². The molecule has 1 atom stereocenters. The lowest BCUT2D eigenvalue weighted by Gasteiger charge is -2.25. The van der Waals surface area contributed by atoms with Crippen LogP contribution in [0, 0.1) is 0 Å². The molecule has 0 aliphatic heterocycles. The van der Waals surface area contributed by atoms with Crippen LogP contribution >= 0.6 is 0 Å². The molecule has 0 aliphatic rings. The van der Waals surface area contributed by atoms with Crippen LogP contribution in [-0.2, 0) is 4.74 Å². The molecule has 0 bridgehead atoms. The van der Waals surface area contributed by atoms with E-state index in [0.29, 0.717) is 12.5 Å². The minimum absolute atomic E-state index is 0.410. The number of hydrogen-bond acceptors (Lipinski definition) is 3. The number of nitrogens with zero attached hydrogens (tertiary/aromatic N) is 1. The van der Waals surface area contributed by atoms with E-state index in [2.05, 4.69) is 36.1 Å². The molecule has 0 aromatic heterocycles. The van der Waals surface area contributed by atoms with Gasteiger partial charge in [0, 0.05) is 32.2 Å². The van der Waals surface area contributed by atoms with Gasteiger partial charge in [-0.2, -0.15) is 0 Å². The largest absolute Gasteiger partial charge is 0.380 e. The molecule has 3 heteroatoms. The van der Waals surface area contributed by atoms with Crippen molar-refractivity contribution in [2.24, 2.45) is 5.73 Å². The summed E-state index contributed by atoms with van der Waals surface area (Å²) in [6, 6.07) is 10.5. The molecule has 102 valence electrons. The molecule has 1 aromatic carbocycles. The Labute approximate surface area is 111 Å². The summed E-state index contributed by atoms with van der Waals surface area (Å²) >= 11 is 0.